The number of rotatable bonds is 6. The summed E-state index contributed by atoms with van der Waals surface area (Å²) in [5.41, 5.74) is 2.54. The van der Waals surface area contributed by atoms with Gasteiger partial charge in [-0.25, -0.2) is 4.98 Å². The van der Waals surface area contributed by atoms with Gasteiger partial charge in [-0.05, 0) is 35.5 Å². The third-order valence-corrected chi connectivity index (χ3v) is 5.64. The maximum atomic E-state index is 12.9. The van der Waals surface area contributed by atoms with Gasteiger partial charge in [0.05, 0.1) is 35.1 Å². The van der Waals surface area contributed by atoms with Crippen molar-refractivity contribution < 1.29 is 9.53 Å². The molecule has 0 fully saturated rings. The molecule has 4 rings (SSSR count). The van der Waals surface area contributed by atoms with Gasteiger partial charge in [0.15, 0.2) is 0 Å². The Hall–Kier alpha value is -3.37. The Morgan fingerprint density at radius 1 is 1.37 bits per heavy atom. The number of pyridine rings is 1. The Labute approximate surface area is 180 Å². The van der Waals surface area contributed by atoms with Crippen molar-refractivity contribution in [2.75, 3.05) is 7.11 Å². The topological polar surface area (TPSA) is 108 Å². The maximum absolute atomic E-state index is 12.9. The van der Waals surface area contributed by atoms with Crippen molar-refractivity contribution in [3.05, 3.63) is 64.0 Å². The fourth-order valence-electron chi connectivity index (χ4n) is 2.81. The summed E-state index contributed by atoms with van der Waals surface area (Å²) in [5.74, 6) is 0.0208. The van der Waals surface area contributed by atoms with Gasteiger partial charge in [0, 0.05) is 29.4 Å². The average molecular weight is 442 g/mol. The lowest BCUT2D eigenvalue weighted by Gasteiger charge is -2.15. The Bertz CT molecular complexity index is 1170. The molecule has 1 N–H and O–H groups in total. The van der Waals surface area contributed by atoms with E-state index in [9.17, 15) is 4.79 Å². The molecule has 0 saturated carbocycles. The van der Waals surface area contributed by atoms with Crippen molar-refractivity contribution in [1.82, 2.24) is 35.5 Å². The number of benzene rings is 1. The van der Waals surface area contributed by atoms with E-state index < -0.39 is 0 Å². The van der Waals surface area contributed by atoms with Crippen LogP contribution in [0.5, 0.6) is 5.75 Å². The molecule has 0 aliphatic rings. The predicted molar refractivity (Wildman–Crippen MR) is 112 cm³/mol. The number of nitrogens with one attached hydrogen (secondary N) is 1. The lowest BCUT2D eigenvalue weighted by molar-refractivity contribution is 0.0937. The van der Waals surface area contributed by atoms with Crippen LogP contribution in [0.1, 0.15) is 28.3 Å². The quantitative estimate of drug-likeness (QED) is 0.488. The Kier molecular flexibility index (Phi) is 5.68. The first kappa shape index (κ1) is 19.9. The van der Waals surface area contributed by atoms with Crippen LogP contribution in [-0.2, 0) is 0 Å². The van der Waals surface area contributed by atoms with Gasteiger partial charge in [-0.15, -0.1) is 16.4 Å². The highest BCUT2D eigenvalue weighted by molar-refractivity contribution is 7.10. The molecule has 0 aliphatic heterocycles. The highest BCUT2D eigenvalue weighted by Crippen LogP contribution is 2.30. The highest BCUT2D eigenvalue weighted by atomic mass is 35.5. The van der Waals surface area contributed by atoms with Crippen molar-refractivity contribution in [1.29, 1.82) is 0 Å². The zero-order valence-electron chi connectivity index (χ0n) is 16.0. The third kappa shape index (κ3) is 4.00. The summed E-state index contributed by atoms with van der Waals surface area (Å²) < 4.78 is 6.78. The second-order valence-corrected chi connectivity index (χ2v) is 7.56. The number of methoxy groups -OCH3 is 1. The summed E-state index contributed by atoms with van der Waals surface area (Å²) >= 11 is 7.82. The van der Waals surface area contributed by atoms with Crippen LogP contribution in [0.25, 0.3) is 16.9 Å². The number of carbonyl (C=O) groups excluding carboxylic acids is 1. The van der Waals surface area contributed by atoms with Crippen LogP contribution in [-0.4, -0.2) is 43.2 Å². The molecule has 4 aromatic rings. The second-order valence-electron chi connectivity index (χ2n) is 6.27. The van der Waals surface area contributed by atoms with Gasteiger partial charge >= 0.3 is 0 Å². The molecule has 152 valence electrons. The molecule has 0 aliphatic carbocycles. The van der Waals surface area contributed by atoms with Gasteiger partial charge in [-0.3, -0.25) is 9.78 Å². The number of aromatic nitrogens is 6. The molecule has 1 atom stereocenters. The smallest absolute Gasteiger partial charge is 0.255 e. The average Bonchev–Trinajstić information content (AvgIpc) is 3.46. The van der Waals surface area contributed by atoms with Gasteiger partial charge in [0.25, 0.3) is 5.91 Å². The monoisotopic (exact) mass is 441 g/mol. The largest absolute Gasteiger partial charge is 0.496 e. The van der Waals surface area contributed by atoms with E-state index in [1.807, 2.05) is 24.4 Å². The number of carbonyl (C=O) groups is 1. The summed E-state index contributed by atoms with van der Waals surface area (Å²) in [6.07, 6.45) is 4.87. The molecule has 11 heteroatoms. The fraction of sp³-hybridized carbons (Fsp3) is 0.158. The number of hydrogen-bond donors (Lipinski definition) is 1. The van der Waals surface area contributed by atoms with E-state index >= 15 is 0 Å². The molecule has 9 nitrogen and oxygen atoms in total. The van der Waals surface area contributed by atoms with Crippen LogP contribution in [0.3, 0.4) is 0 Å². The van der Waals surface area contributed by atoms with E-state index in [-0.39, 0.29) is 11.9 Å². The minimum Gasteiger partial charge on any atom is -0.496 e. The Morgan fingerprint density at radius 3 is 2.93 bits per heavy atom. The molecule has 0 bridgehead atoms. The van der Waals surface area contributed by atoms with Crippen LogP contribution in [0, 0.1) is 0 Å². The molecule has 3 heterocycles. The lowest BCUT2D eigenvalue weighted by atomic mass is 10.1. The van der Waals surface area contributed by atoms with E-state index in [0.717, 1.165) is 16.3 Å². The molecule has 0 saturated heterocycles. The molecule has 0 radical (unpaired) electrons. The number of halogens is 1. The summed E-state index contributed by atoms with van der Waals surface area (Å²) in [6.45, 7) is 1.87. The van der Waals surface area contributed by atoms with Crippen molar-refractivity contribution in [3.63, 3.8) is 0 Å². The number of tetrazole rings is 1. The standard InChI is InChI=1S/C19H16ClN7O2S/c1-11(19-24-15(9-30-19)12-4-3-5-21-8-12)23-18(28)13-6-14(20)16(7-17(13)29-2)27-10-22-25-26-27/h3-11H,1-2H3,(H,23,28). The van der Waals surface area contributed by atoms with Crippen LogP contribution in [0.2, 0.25) is 5.02 Å². The molecule has 1 aromatic carbocycles. The second kappa shape index (κ2) is 8.56. The molecule has 30 heavy (non-hydrogen) atoms. The van der Waals surface area contributed by atoms with Crippen molar-refractivity contribution >= 4 is 28.8 Å². The zero-order valence-corrected chi connectivity index (χ0v) is 17.6. The highest BCUT2D eigenvalue weighted by Gasteiger charge is 2.20. The molecule has 3 aromatic heterocycles. The Balaban J connectivity index is 1.55. The fourth-order valence-corrected chi connectivity index (χ4v) is 3.89. The first-order chi connectivity index (χ1) is 14.6. The predicted octanol–water partition coefficient (Wildman–Crippen LogP) is 3.33. The number of amides is 1. The first-order valence-corrected chi connectivity index (χ1v) is 10.1. The molecular formula is C19H16ClN7O2S. The summed E-state index contributed by atoms with van der Waals surface area (Å²) in [6, 6.07) is 6.63. The number of ether oxygens (including phenoxy) is 1. The van der Waals surface area contributed by atoms with Gasteiger partial charge in [0.2, 0.25) is 0 Å². The molecular weight excluding hydrogens is 426 g/mol. The summed E-state index contributed by atoms with van der Waals surface area (Å²) in [4.78, 5) is 21.6. The molecule has 1 amide bonds. The maximum Gasteiger partial charge on any atom is 0.255 e. The van der Waals surface area contributed by atoms with E-state index in [1.54, 1.807) is 18.5 Å². The van der Waals surface area contributed by atoms with Crippen molar-refractivity contribution in [3.8, 4) is 22.7 Å². The number of nitrogens with zero attached hydrogens (tertiary/aromatic N) is 6. The van der Waals surface area contributed by atoms with Gasteiger partial charge in [0.1, 0.15) is 17.1 Å². The van der Waals surface area contributed by atoms with E-state index in [4.69, 9.17) is 16.3 Å². The van der Waals surface area contributed by atoms with Crippen molar-refractivity contribution in [2.24, 2.45) is 0 Å². The minimum absolute atomic E-state index is 0.301. The van der Waals surface area contributed by atoms with Crippen molar-refractivity contribution in [2.45, 2.75) is 13.0 Å². The van der Waals surface area contributed by atoms with Crippen LogP contribution >= 0.6 is 22.9 Å². The lowest BCUT2D eigenvalue weighted by Crippen LogP contribution is -2.27. The van der Waals surface area contributed by atoms with Crippen LogP contribution in [0.15, 0.2) is 48.4 Å². The Morgan fingerprint density at radius 2 is 2.23 bits per heavy atom. The number of thiazole rings is 1. The van der Waals surface area contributed by atoms with Gasteiger partial charge in [-0.2, -0.15) is 4.68 Å². The van der Waals surface area contributed by atoms with Gasteiger partial charge in [-0.1, -0.05) is 11.6 Å². The van der Waals surface area contributed by atoms with Gasteiger partial charge < -0.3 is 10.1 Å². The molecule has 1 unspecified atom stereocenters. The summed E-state index contributed by atoms with van der Waals surface area (Å²) in [7, 11) is 1.48. The van der Waals surface area contributed by atoms with E-state index in [0.29, 0.717) is 22.0 Å². The number of hydrogen-bond acceptors (Lipinski definition) is 8. The minimum atomic E-state index is -0.331. The SMILES string of the molecule is COc1cc(-n2cnnn2)c(Cl)cc1C(=O)NC(C)c1nc(-c2cccnc2)cs1. The van der Waals surface area contributed by atoms with Crippen LogP contribution in [0.4, 0.5) is 0 Å². The summed E-state index contributed by atoms with van der Waals surface area (Å²) in [5, 5.41) is 17.0. The van der Waals surface area contributed by atoms with Crippen LogP contribution < -0.4 is 10.1 Å². The third-order valence-electron chi connectivity index (χ3n) is 4.31. The first-order valence-electron chi connectivity index (χ1n) is 8.84. The van der Waals surface area contributed by atoms with E-state index in [2.05, 4.69) is 30.8 Å². The zero-order chi connectivity index (χ0) is 21.1. The molecule has 0 spiro atoms. The normalized spacial score (nSPS) is 11.8. The van der Waals surface area contributed by atoms with E-state index in [1.165, 1.54) is 35.5 Å².